The topological polar surface area (TPSA) is 79.0 Å². The van der Waals surface area contributed by atoms with Gasteiger partial charge in [0.05, 0.1) is 0 Å². The summed E-state index contributed by atoms with van der Waals surface area (Å²) in [5.41, 5.74) is 0.865. The number of methoxy groups -OCH3 is 1. The van der Waals surface area contributed by atoms with E-state index in [1.807, 2.05) is 35.2 Å². The number of carbonyl (C=O) groups excluding carboxylic acids is 3. The van der Waals surface area contributed by atoms with Crippen LogP contribution in [0, 0.1) is 23.7 Å². The van der Waals surface area contributed by atoms with Crippen LogP contribution in [0.5, 0.6) is 0 Å². The van der Waals surface area contributed by atoms with Crippen molar-refractivity contribution >= 4 is 17.7 Å². The molecular formula is C30H45N3O4. The van der Waals surface area contributed by atoms with Crippen molar-refractivity contribution in [3.05, 3.63) is 35.9 Å². The maximum atomic E-state index is 13.6. The first-order valence-corrected chi connectivity index (χ1v) is 14.2. The Bertz CT molecular complexity index is 936. The molecule has 6 atom stereocenters. The lowest BCUT2D eigenvalue weighted by Gasteiger charge is -2.51. The van der Waals surface area contributed by atoms with Gasteiger partial charge in [0, 0.05) is 51.7 Å². The molecule has 1 N–H and O–H groups in total. The van der Waals surface area contributed by atoms with Gasteiger partial charge in [0.1, 0.15) is 0 Å². The number of ether oxygens (including phenoxy) is 1. The van der Waals surface area contributed by atoms with E-state index in [-0.39, 0.29) is 47.6 Å². The first-order valence-electron chi connectivity index (χ1n) is 14.2. The third-order valence-corrected chi connectivity index (χ3v) is 8.71. The third kappa shape index (κ3) is 6.73. The van der Waals surface area contributed by atoms with Gasteiger partial charge >= 0.3 is 0 Å². The minimum absolute atomic E-state index is 0.000505. The van der Waals surface area contributed by atoms with Gasteiger partial charge in [0.2, 0.25) is 11.8 Å². The summed E-state index contributed by atoms with van der Waals surface area (Å²) in [6.45, 7) is 8.45. The average molecular weight is 512 g/mol. The molecule has 1 aromatic carbocycles. The van der Waals surface area contributed by atoms with Gasteiger partial charge in [-0.2, -0.15) is 0 Å². The Morgan fingerprint density at radius 1 is 1.05 bits per heavy atom. The minimum atomic E-state index is -0.615. The van der Waals surface area contributed by atoms with E-state index in [1.165, 1.54) is 0 Å². The number of nitrogens with one attached hydrogen (secondary N) is 1. The first-order chi connectivity index (χ1) is 17.8. The Labute approximate surface area is 222 Å². The third-order valence-electron chi connectivity index (χ3n) is 8.71. The van der Waals surface area contributed by atoms with Crippen LogP contribution in [0.1, 0.15) is 77.4 Å². The number of benzene rings is 1. The van der Waals surface area contributed by atoms with Crippen LogP contribution in [0.3, 0.4) is 0 Å². The summed E-state index contributed by atoms with van der Waals surface area (Å²) in [5, 5.41) is 3.25. The van der Waals surface area contributed by atoms with Crippen LogP contribution in [0.4, 0.5) is 0 Å². The fraction of sp³-hybridized carbons (Fsp3) is 0.700. The maximum Gasteiger partial charge on any atom is 0.256 e. The summed E-state index contributed by atoms with van der Waals surface area (Å²) >= 11 is 0. The molecule has 0 radical (unpaired) electrons. The number of piperidine rings is 2. The predicted molar refractivity (Wildman–Crippen MR) is 144 cm³/mol. The van der Waals surface area contributed by atoms with E-state index in [0.29, 0.717) is 38.4 Å². The second kappa shape index (κ2) is 12.4. The summed E-state index contributed by atoms with van der Waals surface area (Å²) in [6, 6.07) is 9.88. The van der Waals surface area contributed by atoms with Crippen molar-refractivity contribution < 1.29 is 19.1 Å². The van der Waals surface area contributed by atoms with Crippen LogP contribution in [0.15, 0.2) is 30.3 Å². The Kier molecular flexibility index (Phi) is 9.27. The molecule has 7 nitrogen and oxygen atoms in total. The molecule has 4 rings (SSSR count). The van der Waals surface area contributed by atoms with Gasteiger partial charge in [0.15, 0.2) is 6.10 Å². The number of hydrogen-bond donors (Lipinski definition) is 1. The molecule has 0 aliphatic carbocycles. The van der Waals surface area contributed by atoms with Crippen LogP contribution >= 0.6 is 0 Å². The molecule has 3 saturated heterocycles. The number of nitrogens with zero attached hydrogens (tertiary/aromatic N) is 2. The van der Waals surface area contributed by atoms with Crippen LogP contribution in [-0.2, 0) is 19.1 Å². The van der Waals surface area contributed by atoms with Crippen LogP contribution in [-0.4, -0.2) is 66.3 Å². The van der Waals surface area contributed by atoms with Gasteiger partial charge in [-0.1, -0.05) is 51.1 Å². The Balaban J connectivity index is 1.50. The summed E-state index contributed by atoms with van der Waals surface area (Å²) < 4.78 is 5.65. The second-order valence-electron chi connectivity index (χ2n) is 11.9. The molecule has 0 saturated carbocycles. The molecule has 37 heavy (non-hydrogen) atoms. The van der Waals surface area contributed by atoms with Crippen molar-refractivity contribution in [2.45, 2.75) is 83.9 Å². The molecule has 3 amide bonds. The second-order valence-corrected chi connectivity index (χ2v) is 11.9. The number of fused-ring (bicyclic) bond motifs is 4. The highest BCUT2D eigenvalue weighted by Crippen LogP contribution is 2.37. The number of amides is 3. The molecule has 1 aromatic rings. The number of likely N-dealkylation sites (tertiary alicyclic amines) is 1. The molecule has 7 heteroatoms. The number of carbonyl (C=O) groups is 3. The van der Waals surface area contributed by atoms with Gasteiger partial charge in [-0.05, 0) is 61.3 Å². The molecule has 3 fully saturated rings. The fourth-order valence-electron chi connectivity index (χ4n) is 6.66. The monoisotopic (exact) mass is 511 g/mol. The van der Waals surface area contributed by atoms with E-state index in [9.17, 15) is 14.4 Å². The van der Waals surface area contributed by atoms with Crippen LogP contribution < -0.4 is 5.32 Å². The summed E-state index contributed by atoms with van der Waals surface area (Å²) in [4.78, 5) is 44.0. The van der Waals surface area contributed by atoms with Crippen LogP contribution in [0.25, 0.3) is 0 Å². The summed E-state index contributed by atoms with van der Waals surface area (Å²) in [5.74, 6) is 1.50. The van der Waals surface area contributed by atoms with Crippen molar-refractivity contribution in [3.63, 3.8) is 0 Å². The normalized spacial score (nSPS) is 30.5. The van der Waals surface area contributed by atoms with Crippen molar-refractivity contribution in [3.8, 4) is 0 Å². The zero-order valence-electron chi connectivity index (χ0n) is 23.0. The van der Waals surface area contributed by atoms with E-state index >= 15 is 0 Å². The molecule has 204 valence electrons. The molecule has 0 spiro atoms. The van der Waals surface area contributed by atoms with E-state index in [0.717, 1.165) is 37.7 Å². The van der Waals surface area contributed by atoms with Gasteiger partial charge in [-0.3, -0.25) is 14.4 Å². The molecule has 3 aliphatic rings. The van der Waals surface area contributed by atoms with E-state index < -0.39 is 6.10 Å². The zero-order valence-corrected chi connectivity index (χ0v) is 23.0. The highest BCUT2D eigenvalue weighted by molar-refractivity contribution is 5.83. The van der Waals surface area contributed by atoms with E-state index in [4.69, 9.17) is 4.74 Å². The first kappa shape index (κ1) is 27.6. The van der Waals surface area contributed by atoms with E-state index in [2.05, 4.69) is 31.0 Å². The Hall–Kier alpha value is -2.41. The standard InChI is InChI=1S/C30H45N3O4/c1-20(2)25-14-13-21(3)15-28(35)33-18-22-16-24(26(33)11-8-12-27(34)31-25)19-32(17-22)30(36)29(37-4)23-9-6-5-7-10-23/h5-7,9-10,20-22,24-26,29H,8,11-19H2,1-4H3,(H,31,34)/t21-,22+,24+,25+,26+,29-/m1/s1. The number of rotatable bonds is 4. The highest BCUT2D eigenvalue weighted by Gasteiger charge is 2.44. The lowest BCUT2D eigenvalue weighted by molar-refractivity contribution is -0.152. The maximum absolute atomic E-state index is 13.6. The average Bonchev–Trinajstić information content (AvgIpc) is 2.88. The molecule has 3 heterocycles. The largest absolute Gasteiger partial charge is 0.367 e. The Morgan fingerprint density at radius 2 is 1.81 bits per heavy atom. The lowest BCUT2D eigenvalue weighted by Crippen LogP contribution is -2.60. The minimum Gasteiger partial charge on any atom is -0.367 e. The van der Waals surface area contributed by atoms with Crippen molar-refractivity contribution in [2.75, 3.05) is 26.7 Å². The van der Waals surface area contributed by atoms with Crippen molar-refractivity contribution in [1.29, 1.82) is 0 Å². The lowest BCUT2D eigenvalue weighted by atomic mass is 9.77. The Morgan fingerprint density at radius 3 is 2.51 bits per heavy atom. The zero-order chi connectivity index (χ0) is 26.5. The highest BCUT2D eigenvalue weighted by atomic mass is 16.5. The van der Waals surface area contributed by atoms with E-state index in [1.54, 1.807) is 7.11 Å². The SMILES string of the molecule is CO[C@@H](C(=O)N1C[C@@H]2C[C@@H](C1)[C@@H]1CCCC(=O)N[C@H](C(C)C)CC[C@@H](C)CC(=O)N1C2)c1ccccc1. The smallest absolute Gasteiger partial charge is 0.256 e. The van der Waals surface area contributed by atoms with Crippen LogP contribution in [0.2, 0.25) is 0 Å². The molecule has 0 aromatic heterocycles. The molecule has 0 unspecified atom stereocenters. The predicted octanol–water partition coefficient (Wildman–Crippen LogP) is 4.18. The van der Waals surface area contributed by atoms with Crippen molar-refractivity contribution in [2.24, 2.45) is 23.7 Å². The molecule has 3 aliphatic heterocycles. The van der Waals surface area contributed by atoms with Gasteiger partial charge in [-0.15, -0.1) is 0 Å². The summed E-state index contributed by atoms with van der Waals surface area (Å²) in [7, 11) is 1.59. The molecular weight excluding hydrogens is 466 g/mol. The van der Waals surface area contributed by atoms with Gasteiger partial charge in [-0.25, -0.2) is 0 Å². The van der Waals surface area contributed by atoms with Crippen molar-refractivity contribution in [1.82, 2.24) is 15.1 Å². The molecule has 2 bridgehead atoms. The number of hydrogen-bond acceptors (Lipinski definition) is 4. The van der Waals surface area contributed by atoms with Gasteiger partial charge < -0.3 is 19.9 Å². The summed E-state index contributed by atoms with van der Waals surface area (Å²) in [6.07, 6.45) is 4.83. The van der Waals surface area contributed by atoms with Gasteiger partial charge in [0.25, 0.3) is 5.91 Å². The quantitative estimate of drug-likeness (QED) is 0.658. The fourth-order valence-corrected chi connectivity index (χ4v) is 6.66.